The second kappa shape index (κ2) is 9.20. The number of fused-ring (bicyclic) bond motifs is 1. The van der Waals surface area contributed by atoms with Crippen LogP contribution in [-0.2, 0) is 17.6 Å². The van der Waals surface area contributed by atoms with Crippen molar-refractivity contribution in [1.29, 1.82) is 0 Å². The van der Waals surface area contributed by atoms with Gasteiger partial charge in [-0.25, -0.2) is 0 Å². The Morgan fingerprint density at radius 3 is 2.66 bits per heavy atom. The monoisotopic (exact) mass is 431 g/mol. The van der Waals surface area contributed by atoms with Crippen molar-refractivity contribution in [2.75, 3.05) is 0 Å². The molecule has 0 amide bonds. The molecule has 7 nitrogen and oxygen atoms in total. The fraction of sp³-hybridized carbons (Fsp3) is 0.240. The van der Waals surface area contributed by atoms with Gasteiger partial charge in [-0.05, 0) is 48.6 Å². The Kier molecular flexibility index (Phi) is 6.18. The maximum Gasteiger partial charge on any atom is 0.307 e. The van der Waals surface area contributed by atoms with E-state index in [4.69, 9.17) is 0 Å². The summed E-state index contributed by atoms with van der Waals surface area (Å²) < 4.78 is 0. The topological polar surface area (TPSA) is 118 Å². The molecule has 0 aliphatic heterocycles. The molecule has 0 saturated carbocycles. The third-order valence-corrected chi connectivity index (χ3v) is 5.81. The van der Waals surface area contributed by atoms with Crippen molar-refractivity contribution in [3.8, 4) is 5.88 Å². The second-order valence-electron chi connectivity index (χ2n) is 7.98. The van der Waals surface area contributed by atoms with Gasteiger partial charge in [-0.3, -0.25) is 4.79 Å². The van der Waals surface area contributed by atoms with Crippen LogP contribution >= 0.6 is 0 Å². The second-order valence-corrected chi connectivity index (χ2v) is 7.98. The summed E-state index contributed by atoms with van der Waals surface area (Å²) in [5, 5.41) is 39.3. The Labute approximate surface area is 185 Å². The van der Waals surface area contributed by atoms with Crippen LogP contribution in [0.1, 0.15) is 23.1 Å². The highest BCUT2D eigenvalue weighted by Gasteiger charge is 2.24. The predicted molar refractivity (Wildman–Crippen MR) is 122 cm³/mol. The number of hydrogen-bond donors (Lipinski definition) is 4. The van der Waals surface area contributed by atoms with E-state index < -0.39 is 12.1 Å². The molecule has 164 valence electrons. The number of aromatic amines is 1. The smallest absolute Gasteiger partial charge is 0.307 e. The Morgan fingerprint density at radius 2 is 1.88 bits per heavy atom. The van der Waals surface area contributed by atoms with E-state index in [1.807, 2.05) is 24.3 Å². The normalized spacial score (nSPS) is 18.4. The molecule has 4 N–H and O–H groups in total. The molecule has 0 radical (unpaired) electrons. The molecule has 7 heteroatoms. The van der Waals surface area contributed by atoms with Gasteiger partial charge in [-0.1, -0.05) is 48.6 Å². The zero-order chi connectivity index (χ0) is 22.7. The minimum atomic E-state index is -0.979. The standard InChI is InChI=1S/C25H25N3O4/c1-15-6-2-3-7-16(15)12-13-17-8-4-11-20(24(17)31)27-28-23-22-18(14-21(29)30)9-5-10-19(22)26-25(23)32/h2-11,17,24,26,31-32H,12-14H2,1H3,(H,29,30). The number of aromatic hydroxyl groups is 1. The quantitative estimate of drug-likeness (QED) is 0.396. The summed E-state index contributed by atoms with van der Waals surface area (Å²) in [4.78, 5) is 14.0. The van der Waals surface area contributed by atoms with E-state index in [1.54, 1.807) is 24.3 Å². The third kappa shape index (κ3) is 4.48. The molecule has 2 aromatic carbocycles. The summed E-state index contributed by atoms with van der Waals surface area (Å²) >= 11 is 0. The number of aliphatic hydroxyl groups is 1. The molecular weight excluding hydrogens is 406 g/mol. The molecule has 2 unspecified atom stereocenters. The van der Waals surface area contributed by atoms with Crippen molar-refractivity contribution in [2.45, 2.75) is 32.3 Å². The Hall–Kier alpha value is -3.71. The minimum absolute atomic E-state index is 0.104. The van der Waals surface area contributed by atoms with Gasteiger partial charge >= 0.3 is 5.97 Å². The number of aliphatic hydroxyl groups excluding tert-OH is 1. The van der Waals surface area contributed by atoms with Crippen molar-refractivity contribution in [2.24, 2.45) is 16.1 Å². The molecule has 2 atom stereocenters. The van der Waals surface area contributed by atoms with Crippen LogP contribution in [0, 0.1) is 12.8 Å². The predicted octanol–water partition coefficient (Wildman–Crippen LogP) is 4.96. The lowest BCUT2D eigenvalue weighted by Gasteiger charge is -2.22. The van der Waals surface area contributed by atoms with Gasteiger partial charge in [0.15, 0.2) is 5.69 Å². The van der Waals surface area contributed by atoms with E-state index >= 15 is 0 Å². The summed E-state index contributed by atoms with van der Waals surface area (Å²) in [6.45, 7) is 2.08. The number of carboxylic acid groups (broad SMARTS) is 1. The van der Waals surface area contributed by atoms with Crippen molar-refractivity contribution in [1.82, 2.24) is 4.98 Å². The van der Waals surface area contributed by atoms with Crippen LogP contribution in [0.25, 0.3) is 10.9 Å². The molecule has 1 aliphatic carbocycles. The van der Waals surface area contributed by atoms with Crippen LogP contribution in [-0.4, -0.2) is 32.4 Å². The number of H-pyrrole nitrogens is 1. The van der Waals surface area contributed by atoms with Gasteiger partial charge in [-0.15, -0.1) is 5.11 Å². The van der Waals surface area contributed by atoms with Crippen molar-refractivity contribution >= 4 is 22.6 Å². The van der Waals surface area contributed by atoms with E-state index in [-0.39, 0.29) is 23.9 Å². The van der Waals surface area contributed by atoms with E-state index in [9.17, 15) is 20.1 Å². The lowest BCUT2D eigenvalue weighted by Crippen LogP contribution is -2.23. The van der Waals surface area contributed by atoms with Crippen LogP contribution in [0.3, 0.4) is 0 Å². The highest BCUT2D eigenvalue weighted by atomic mass is 16.4. The molecule has 0 fully saturated rings. The molecule has 3 aromatic rings. The summed E-state index contributed by atoms with van der Waals surface area (Å²) in [6.07, 6.45) is 6.10. The molecule has 0 saturated heterocycles. The van der Waals surface area contributed by atoms with E-state index in [0.717, 1.165) is 12.8 Å². The van der Waals surface area contributed by atoms with Crippen LogP contribution in [0.4, 0.5) is 5.69 Å². The minimum Gasteiger partial charge on any atom is -0.493 e. The van der Waals surface area contributed by atoms with Gasteiger partial charge in [-0.2, -0.15) is 5.11 Å². The number of aryl methyl sites for hydroxylation is 2. The summed E-state index contributed by atoms with van der Waals surface area (Å²) in [5.74, 6) is -1.28. The molecular formula is C25H25N3O4. The van der Waals surface area contributed by atoms with Gasteiger partial charge in [0.1, 0.15) is 6.10 Å². The molecule has 32 heavy (non-hydrogen) atoms. The first-order valence-electron chi connectivity index (χ1n) is 10.5. The van der Waals surface area contributed by atoms with Gasteiger partial charge in [0.25, 0.3) is 0 Å². The zero-order valence-electron chi connectivity index (χ0n) is 17.7. The van der Waals surface area contributed by atoms with Crippen LogP contribution in [0.15, 0.2) is 76.6 Å². The van der Waals surface area contributed by atoms with E-state index in [1.165, 1.54) is 11.1 Å². The zero-order valence-corrected chi connectivity index (χ0v) is 17.7. The number of nitrogens with zero attached hydrogens (tertiary/aromatic N) is 2. The number of nitrogens with one attached hydrogen (secondary N) is 1. The van der Waals surface area contributed by atoms with Crippen molar-refractivity contribution < 1.29 is 20.1 Å². The SMILES string of the molecule is Cc1ccccc1CCC1C=CC=C(N=Nc2c(O)[nH]c3cccc(CC(=O)O)c23)C1O. The molecule has 1 aliphatic rings. The van der Waals surface area contributed by atoms with E-state index in [0.29, 0.717) is 22.2 Å². The number of aliphatic carboxylic acids is 1. The first-order valence-corrected chi connectivity index (χ1v) is 10.5. The number of hydrogen-bond acceptors (Lipinski definition) is 5. The van der Waals surface area contributed by atoms with Crippen molar-refractivity contribution in [3.63, 3.8) is 0 Å². The Bertz CT molecular complexity index is 1240. The average molecular weight is 431 g/mol. The van der Waals surface area contributed by atoms with Gasteiger partial charge < -0.3 is 20.3 Å². The van der Waals surface area contributed by atoms with Crippen LogP contribution in [0.2, 0.25) is 0 Å². The number of aromatic nitrogens is 1. The average Bonchev–Trinajstić information content (AvgIpc) is 3.09. The maximum absolute atomic E-state index is 11.2. The van der Waals surface area contributed by atoms with E-state index in [2.05, 4.69) is 34.3 Å². The Balaban J connectivity index is 1.54. The molecule has 1 aromatic heterocycles. The fourth-order valence-electron chi connectivity index (χ4n) is 4.08. The number of allylic oxidation sites excluding steroid dienone is 2. The van der Waals surface area contributed by atoms with Gasteiger partial charge in [0, 0.05) is 11.3 Å². The molecule has 4 rings (SSSR count). The first-order chi connectivity index (χ1) is 15.4. The number of carboxylic acids is 1. The molecule has 1 heterocycles. The van der Waals surface area contributed by atoms with Gasteiger partial charge in [0.05, 0.1) is 17.6 Å². The third-order valence-electron chi connectivity index (χ3n) is 5.81. The first kappa shape index (κ1) is 21.5. The fourth-order valence-corrected chi connectivity index (χ4v) is 4.08. The maximum atomic E-state index is 11.2. The van der Waals surface area contributed by atoms with Gasteiger partial charge in [0.2, 0.25) is 5.88 Å². The van der Waals surface area contributed by atoms with Crippen molar-refractivity contribution in [3.05, 3.63) is 83.1 Å². The summed E-state index contributed by atoms with van der Waals surface area (Å²) in [5.41, 5.74) is 4.13. The van der Waals surface area contributed by atoms with Crippen LogP contribution < -0.4 is 0 Å². The Morgan fingerprint density at radius 1 is 1.09 bits per heavy atom. The molecule has 0 spiro atoms. The highest BCUT2D eigenvalue weighted by Crippen LogP contribution is 2.38. The lowest BCUT2D eigenvalue weighted by molar-refractivity contribution is -0.136. The largest absolute Gasteiger partial charge is 0.493 e. The number of benzene rings is 2. The summed E-state index contributed by atoms with van der Waals surface area (Å²) in [7, 11) is 0. The summed E-state index contributed by atoms with van der Waals surface area (Å²) in [6, 6.07) is 13.3. The molecule has 0 bridgehead atoms. The highest BCUT2D eigenvalue weighted by molar-refractivity contribution is 5.98. The van der Waals surface area contributed by atoms with Crippen LogP contribution in [0.5, 0.6) is 5.88 Å². The number of rotatable bonds is 7. The number of carbonyl (C=O) groups is 1. The lowest BCUT2D eigenvalue weighted by atomic mass is 9.89. The number of azo groups is 1.